The fourth-order valence-electron chi connectivity index (χ4n) is 3.21. The van der Waals surface area contributed by atoms with E-state index >= 15 is 0 Å². The molecule has 1 unspecified atom stereocenters. The molecule has 1 aliphatic rings. The molecule has 0 radical (unpaired) electrons. The highest BCUT2D eigenvalue weighted by atomic mass is 16.5. The van der Waals surface area contributed by atoms with E-state index in [0.29, 0.717) is 5.41 Å². The van der Waals surface area contributed by atoms with Crippen LogP contribution in [0.1, 0.15) is 39.2 Å². The smallest absolute Gasteiger partial charge is 0.119 e. The maximum absolute atomic E-state index is 5.37. The molecule has 100 valence electrons. The summed E-state index contributed by atoms with van der Waals surface area (Å²) in [5, 5.41) is 3.53. The zero-order chi connectivity index (χ0) is 13.2. The van der Waals surface area contributed by atoms with Gasteiger partial charge in [-0.3, -0.25) is 0 Å². The van der Waals surface area contributed by atoms with E-state index in [9.17, 15) is 0 Å². The Kier molecular flexibility index (Phi) is 3.67. The molecule has 1 aliphatic heterocycles. The number of methoxy groups -OCH3 is 1. The molecule has 1 saturated heterocycles. The summed E-state index contributed by atoms with van der Waals surface area (Å²) in [4.78, 5) is 0. The van der Waals surface area contributed by atoms with E-state index in [1.54, 1.807) is 7.11 Å². The number of rotatable bonds is 3. The summed E-state index contributed by atoms with van der Waals surface area (Å²) >= 11 is 0. The van der Waals surface area contributed by atoms with Crippen LogP contribution in [0.3, 0.4) is 0 Å². The van der Waals surface area contributed by atoms with Crippen molar-refractivity contribution in [3.63, 3.8) is 0 Å². The number of hydrogen-bond acceptors (Lipinski definition) is 2. The fraction of sp³-hybridized carbons (Fsp3) is 0.625. The van der Waals surface area contributed by atoms with Crippen LogP contribution in [-0.4, -0.2) is 20.2 Å². The second-order valence-corrected chi connectivity index (χ2v) is 6.68. The highest BCUT2D eigenvalue weighted by Crippen LogP contribution is 2.41. The molecule has 1 aromatic rings. The van der Waals surface area contributed by atoms with Crippen molar-refractivity contribution >= 4 is 0 Å². The fourth-order valence-corrected chi connectivity index (χ4v) is 3.21. The van der Waals surface area contributed by atoms with Crippen LogP contribution in [0, 0.1) is 5.41 Å². The maximum Gasteiger partial charge on any atom is 0.119 e. The first-order chi connectivity index (χ1) is 8.45. The first-order valence-electron chi connectivity index (χ1n) is 6.81. The molecular formula is C16H25NO. The molecule has 2 nitrogen and oxygen atoms in total. The zero-order valence-electron chi connectivity index (χ0n) is 12.0. The van der Waals surface area contributed by atoms with Crippen LogP contribution < -0.4 is 10.1 Å². The third-order valence-corrected chi connectivity index (χ3v) is 3.79. The highest BCUT2D eigenvalue weighted by molar-refractivity contribution is 5.35. The molecule has 0 saturated carbocycles. The van der Waals surface area contributed by atoms with Crippen LogP contribution in [0.15, 0.2) is 24.3 Å². The first kappa shape index (κ1) is 13.4. The molecule has 1 heterocycles. The van der Waals surface area contributed by atoms with Crippen molar-refractivity contribution in [1.82, 2.24) is 5.32 Å². The van der Waals surface area contributed by atoms with E-state index < -0.39 is 0 Å². The molecule has 2 rings (SSSR count). The number of nitrogens with one attached hydrogen (secondary N) is 1. The van der Waals surface area contributed by atoms with E-state index in [2.05, 4.69) is 44.3 Å². The molecule has 0 aliphatic carbocycles. The van der Waals surface area contributed by atoms with Crippen molar-refractivity contribution in [2.24, 2.45) is 5.41 Å². The van der Waals surface area contributed by atoms with Gasteiger partial charge in [0.15, 0.2) is 0 Å². The van der Waals surface area contributed by atoms with Crippen LogP contribution in [0.25, 0.3) is 0 Å². The Hall–Kier alpha value is -1.02. The minimum Gasteiger partial charge on any atom is -0.497 e. The SMILES string of the molecule is COc1cccc(C2(CC(C)(C)C)CCNC2)c1. The average Bonchev–Trinajstić information content (AvgIpc) is 2.76. The predicted molar refractivity (Wildman–Crippen MR) is 76.2 cm³/mol. The molecule has 1 fully saturated rings. The Bertz CT molecular complexity index is 400. The van der Waals surface area contributed by atoms with Gasteiger partial charge in [-0.05, 0) is 42.5 Å². The third kappa shape index (κ3) is 2.86. The van der Waals surface area contributed by atoms with Crippen LogP contribution >= 0.6 is 0 Å². The van der Waals surface area contributed by atoms with Crippen molar-refractivity contribution in [2.75, 3.05) is 20.2 Å². The normalized spacial score (nSPS) is 24.2. The number of ether oxygens (including phenoxy) is 1. The van der Waals surface area contributed by atoms with Crippen molar-refractivity contribution < 1.29 is 4.74 Å². The van der Waals surface area contributed by atoms with Gasteiger partial charge in [0.25, 0.3) is 0 Å². The topological polar surface area (TPSA) is 21.3 Å². The third-order valence-electron chi connectivity index (χ3n) is 3.79. The van der Waals surface area contributed by atoms with E-state index in [1.807, 2.05) is 6.07 Å². The Labute approximate surface area is 111 Å². The second-order valence-electron chi connectivity index (χ2n) is 6.68. The first-order valence-corrected chi connectivity index (χ1v) is 6.81. The standard InChI is InChI=1S/C16H25NO/c1-15(2,3)11-16(8-9-17-12-16)13-6-5-7-14(10-13)18-4/h5-7,10,17H,8-9,11-12H2,1-4H3. The minimum atomic E-state index is 0.271. The lowest BCUT2D eigenvalue weighted by atomic mass is 9.69. The maximum atomic E-state index is 5.37. The Morgan fingerprint density at radius 1 is 1.33 bits per heavy atom. The summed E-state index contributed by atoms with van der Waals surface area (Å²) in [5.41, 5.74) is 2.03. The molecule has 18 heavy (non-hydrogen) atoms. The molecular weight excluding hydrogens is 222 g/mol. The summed E-state index contributed by atoms with van der Waals surface area (Å²) in [5.74, 6) is 0.965. The van der Waals surface area contributed by atoms with Crippen molar-refractivity contribution in [2.45, 2.75) is 39.0 Å². The van der Waals surface area contributed by atoms with Gasteiger partial charge in [-0.15, -0.1) is 0 Å². The lowest BCUT2D eigenvalue weighted by Gasteiger charge is -2.35. The van der Waals surface area contributed by atoms with Crippen LogP contribution in [0.5, 0.6) is 5.75 Å². The summed E-state index contributed by atoms with van der Waals surface area (Å²) in [7, 11) is 1.74. The van der Waals surface area contributed by atoms with Crippen LogP contribution in [0.2, 0.25) is 0 Å². The molecule has 1 aromatic carbocycles. The Balaban J connectivity index is 2.34. The van der Waals surface area contributed by atoms with Crippen molar-refractivity contribution in [3.05, 3.63) is 29.8 Å². The summed E-state index contributed by atoms with van der Waals surface area (Å²) in [6.45, 7) is 9.18. The second kappa shape index (κ2) is 4.93. The molecule has 0 spiro atoms. The monoisotopic (exact) mass is 247 g/mol. The molecule has 0 aromatic heterocycles. The summed E-state index contributed by atoms with van der Waals surface area (Å²) in [6, 6.07) is 8.59. The van der Waals surface area contributed by atoms with E-state index in [0.717, 1.165) is 18.8 Å². The lowest BCUT2D eigenvalue weighted by Crippen LogP contribution is -2.33. The summed E-state index contributed by atoms with van der Waals surface area (Å²) in [6.07, 6.45) is 2.43. The van der Waals surface area contributed by atoms with Gasteiger partial charge in [0, 0.05) is 12.0 Å². The minimum absolute atomic E-state index is 0.271. The van der Waals surface area contributed by atoms with Gasteiger partial charge in [-0.25, -0.2) is 0 Å². The van der Waals surface area contributed by atoms with Gasteiger partial charge in [-0.1, -0.05) is 32.9 Å². The Morgan fingerprint density at radius 3 is 2.67 bits per heavy atom. The van der Waals surface area contributed by atoms with Gasteiger partial charge < -0.3 is 10.1 Å². The van der Waals surface area contributed by atoms with Gasteiger partial charge in [0.2, 0.25) is 0 Å². The van der Waals surface area contributed by atoms with E-state index in [1.165, 1.54) is 18.4 Å². The van der Waals surface area contributed by atoms with Crippen LogP contribution in [0.4, 0.5) is 0 Å². The van der Waals surface area contributed by atoms with Gasteiger partial charge >= 0.3 is 0 Å². The molecule has 1 atom stereocenters. The van der Waals surface area contributed by atoms with E-state index in [4.69, 9.17) is 4.74 Å². The van der Waals surface area contributed by atoms with Crippen LogP contribution in [-0.2, 0) is 5.41 Å². The van der Waals surface area contributed by atoms with E-state index in [-0.39, 0.29) is 5.41 Å². The molecule has 1 N–H and O–H groups in total. The molecule has 2 heteroatoms. The van der Waals surface area contributed by atoms with Gasteiger partial charge in [0.05, 0.1) is 7.11 Å². The van der Waals surface area contributed by atoms with Crippen molar-refractivity contribution in [3.8, 4) is 5.75 Å². The zero-order valence-corrected chi connectivity index (χ0v) is 12.0. The Morgan fingerprint density at radius 2 is 2.11 bits per heavy atom. The number of benzene rings is 1. The molecule has 0 bridgehead atoms. The average molecular weight is 247 g/mol. The highest BCUT2D eigenvalue weighted by Gasteiger charge is 2.38. The van der Waals surface area contributed by atoms with Gasteiger partial charge in [-0.2, -0.15) is 0 Å². The number of hydrogen-bond donors (Lipinski definition) is 1. The van der Waals surface area contributed by atoms with Crippen molar-refractivity contribution in [1.29, 1.82) is 0 Å². The quantitative estimate of drug-likeness (QED) is 0.884. The molecule has 0 amide bonds. The predicted octanol–water partition coefficient (Wildman–Crippen LogP) is 3.36. The lowest BCUT2D eigenvalue weighted by molar-refractivity contribution is 0.266. The largest absolute Gasteiger partial charge is 0.497 e. The summed E-state index contributed by atoms with van der Waals surface area (Å²) < 4.78 is 5.37. The van der Waals surface area contributed by atoms with Gasteiger partial charge in [0.1, 0.15) is 5.75 Å².